The number of nitrogens with zero attached hydrogens (tertiary/aromatic N) is 2. The topological polar surface area (TPSA) is 36.4 Å². The van der Waals surface area contributed by atoms with Crippen molar-refractivity contribution in [3.05, 3.63) is 16.7 Å². The summed E-state index contributed by atoms with van der Waals surface area (Å²) in [6, 6.07) is 0. The highest BCUT2D eigenvalue weighted by molar-refractivity contribution is 5.73. The van der Waals surface area contributed by atoms with Gasteiger partial charge in [-0.2, -0.15) is 4.79 Å². The number of hydrogen-bond acceptors (Lipinski definition) is 0. The van der Waals surface area contributed by atoms with Crippen LogP contribution in [0, 0.1) is 0 Å². The molecule has 0 amide bonds. The predicted molar refractivity (Wildman–Crippen MR) is 33.7 cm³/mol. The molecule has 2 heteroatoms. The SMILES string of the molecule is CC(C)=C(C)C=[N+]=[N-]. The zero-order valence-corrected chi connectivity index (χ0v) is 5.47. The molecule has 8 heavy (non-hydrogen) atoms. The van der Waals surface area contributed by atoms with E-state index in [-0.39, 0.29) is 0 Å². The third-order valence-corrected chi connectivity index (χ3v) is 1.04. The van der Waals surface area contributed by atoms with Gasteiger partial charge in [0.25, 0.3) is 6.21 Å². The third kappa shape index (κ3) is 2.32. The molecular weight excluding hydrogens is 100 g/mol. The van der Waals surface area contributed by atoms with E-state index in [1.54, 1.807) is 0 Å². The zero-order valence-electron chi connectivity index (χ0n) is 5.47. The first-order chi connectivity index (χ1) is 3.68. The van der Waals surface area contributed by atoms with Crippen LogP contribution in [-0.2, 0) is 0 Å². The second-order valence-corrected chi connectivity index (χ2v) is 1.93. The molecule has 0 saturated carbocycles. The summed E-state index contributed by atoms with van der Waals surface area (Å²) in [5.41, 5.74) is 10.2. The van der Waals surface area contributed by atoms with E-state index < -0.39 is 0 Å². The highest BCUT2D eigenvalue weighted by Gasteiger charge is 1.88. The predicted octanol–water partition coefficient (Wildman–Crippen LogP) is 1.64. The molecule has 0 atom stereocenters. The average Bonchev–Trinajstić information content (AvgIpc) is 1.67. The van der Waals surface area contributed by atoms with Crippen molar-refractivity contribution in [3.8, 4) is 0 Å². The van der Waals surface area contributed by atoms with E-state index in [2.05, 4.69) is 4.79 Å². The molecule has 0 fully saturated rings. The summed E-state index contributed by atoms with van der Waals surface area (Å²) in [4.78, 5) is 2.87. The summed E-state index contributed by atoms with van der Waals surface area (Å²) in [6.07, 6.45) is 1.43. The van der Waals surface area contributed by atoms with Gasteiger partial charge in [-0.15, -0.1) is 0 Å². The summed E-state index contributed by atoms with van der Waals surface area (Å²) in [5, 5.41) is 0. The van der Waals surface area contributed by atoms with Gasteiger partial charge in [-0.05, 0) is 20.8 Å². The maximum absolute atomic E-state index is 8.02. The Labute approximate surface area is 49.5 Å². The van der Waals surface area contributed by atoms with Crippen molar-refractivity contribution in [1.82, 2.24) is 0 Å². The van der Waals surface area contributed by atoms with Crippen molar-refractivity contribution < 1.29 is 4.79 Å². The first kappa shape index (κ1) is 7.12. The van der Waals surface area contributed by atoms with Gasteiger partial charge in [-0.3, -0.25) is 0 Å². The van der Waals surface area contributed by atoms with Crippen molar-refractivity contribution in [3.63, 3.8) is 0 Å². The summed E-state index contributed by atoms with van der Waals surface area (Å²) in [6.45, 7) is 5.84. The summed E-state index contributed by atoms with van der Waals surface area (Å²) in [5.74, 6) is 0. The summed E-state index contributed by atoms with van der Waals surface area (Å²) in [7, 11) is 0. The van der Waals surface area contributed by atoms with E-state index in [1.165, 1.54) is 11.8 Å². The van der Waals surface area contributed by atoms with Crippen LogP contribution in [0.3, 0.4) is 0 Å². The smallest absolute Gasteiger partial charge is 0.283 e. The largest absolute Gasteiger partial charge is 0.362 e. The fraction of sp³-hybridized carbons (Fsp3) is 0.500. The van der Waals surface area contributed by atoms with Crippen LogP contribution < -0.4 is 0 Å². The normalized spacial score (nSPS) is 7.38. The minimum atomic E-state index is 1.01. The van der Waals surface area contributed by atoms with Crippen molar-refractivity contribution in [2.24, 2.45) is 0 Å². The Hall–Kier alpha value is -0.880. The maximum Gasteiger partial charge on any atom is 0.283 e. The highest BCUT2D eigenvalue weighted by atomic mass is 14.8. The summed E-state index contributed by atoms with van der Waals surface area (Å²) < 4.78 is 0. The Kier molecular flexibility index (Phi) is 2.82. The second kappa shape index (κ2) is 3.16. The second-order valence-electron chi connectivity index (χ2n) is 1.93. The minimum Gasteiger partial charge on any atom is -0.362 e. The van der Waals surface area contributed by atoms with Crippen LogP contribution in [0.4, 0.5) is 0 Å². The molecule has 0 aliphatic carbocycles. The molecule has 0 rings (SSSR count). The van der Waals surface area contributed by atoms with E-state index in [4.69, 9.17) is 5.53 Å². The van der Waals surface area contributed by atoms with Crippen molar-refractivity contribution in [1.29, 1.82) is 0 Å². The summed E-state index contributed by atoms with van der Waals surface area (Å²) >= 11 is 0. The molecule has 0 heterocycles. The van der Waals surface area contributed by atoms with Crippen LogP contribution in [0.5, 0.6) is 0 Å². The molecule has 0 bridgehead atoms. The molecule has 0 aromatic rings. The lowest BCUT2D eigenvalue weighted by molar-refractivity contribution is 0.00420. The van der Waals surface area contributed by atoms with Gasteiger partial charge in [-0.1, -0.05) is 5.57 Å². The lowest BCUT2D eigenvalue weighted by Crippen LogP contribution is -1.80. The molecule has 0 aliphatic heterocycles. The Morgan fingerprint density at radius 3 is 2.00 bits per heavy atom. The quantitative estimate of drug-likeness (QED) is 0.279. The lowest BCUT2D eigenvalue weighted by atomic mass is 10.2. The molecule has 0 unspecified atom stereocenters. The van der Waals surface area contributed by atoms with Gasteiger partial charge in [0.15, 0.2) is 0 Å². The van der Waals surface area contributed by atoms with E-state index in [9.17, 15) is 0 Å². The monoisotopic (exact) mass is 110 g/mol. The molecule has 2 nitrogen and oxygen atoms in total. The van der Waals surface area contributed by atoms with Crippen molar-refractivity contribution in [2.45, 2.75) is 20.8 Å². The van der Waals surface area contributed by atoms with Gasteiger partial charge in [0, 0.05) is 5.57 Å². The van der Waals surface area contributed by atoms with Crippen LogP contribution in [-0.4, -0.2) is 11.0 Å². The number of allylic oxidation sites excluding steroid dienone is 2. The fourth-order valence-electron chi connectivity index (χ4n) is 0.216. The van der Waals surface area contributed by atoms with Crippen LogP contribution in [0.1, 0.15) is 20.8 Å². The van der Waals surface area contributed by atoms with Crippen molar-refractivity contribution >= 4 is 6.21 Å². The molecule has 44 valence electrons. The van der Waals surface area contributed by atoms with Gasteiger partial charge >= 0.3 is 0 Å². The zero-order chi connectivity index (χ0) is 6.57. The van der Waals surface area contributed by atoms with E-state index >= 15 is 0 Å². The molecule has 0 radical (unpaired) electrons. The van der Waals surface area contributed by atoms with Crippen LogP contribution in [0.2, 0.25) is 0 Å². The number of hydrogen-bond donors (Lipinski definition) is 0. The van der Waals surface area contributed by atoms with Crippen LogP contribution >= 0.6 is 0 Å². The fourth-order valence-corrected chi connectivity index (χ4v) is 0.216. The molecule has 0 aromatic heterocycles. The van der Waals surface area contributed by atoms with Gasteiger partial charge in [0.2, 0.25) is 0 Å². The van der Waals surface area contributed by atoms with Crippen molar-refractivity contribution in [2.75, 3.05) is 0 Å². The standard InChI is InChI=1S/C6H10N2/c1-5(2)6(3)4-8-7/h4H,1-3H3. The van der Waals surface area contributed by atoms with Gasteiger partial charge in [-0.25, -0.2) is 0 Å². The number of rotatable bonds is 1. The Morgan fingerprint density at radius 2 is 1.88 bits per heavy atom. The Bertz CT molecular complexity index is 146. The molecule has 0 aliphatic rings. The maximum atomic E-state index is 8.02. The highest BCUT2D eigenvalue weighted by Crippen LogP contribution is 1.95. The van der Waals surface area contributed by atoms with Crippen LogP contribution in [0.15, 0.2) is 11.1 Å². The first-order valence-electron chi connectivity index (χ1n) is 2.50. The Balaban J connectivity index is 4.22. The van der Waals surface area contributed by atoms with Gasteiger partial charge in [0.05, 0.1) is 0 Å². The molecule has 0 N–H and O–H groups in total. The average molecular weight is 110 g/mol. The van der Waals surface area contributed by atoms with Gasteiger partial charge in [0.1, 0.15) is 0 Å². The Morgan fingerprint density at radius 1 is 1.38 bits per heavy atom. The molecular formula is C6H10N2. The molecule has 0 aromatic carbocycles. The van der Waals surface area contributed by atoms with Gasteiger partial charge < -0.3 is 5.53 Å². The van der Waals surface area contributed by atoms with E-state index in [0.717, 1.165) is 5.57 Å². The third-order valence-electron chi connectivity index (χ3n) is 1.04. The molecule has 0 spiro atoms. The van der Waals surface area contributed by atoms with Crippen LogP contribution in [0.25, 0.3) is 5.53 Å². The minimum absolute atomic E-state index is 1.01. The van der Waals surface area contributed by atoms with E-state index in [0.29, 0.717) is 0 Å². The van der Waals surface area contributed by atoms with E-state index in [1.807, 2.05) is 20.8 Å². The molecule has 0 saturated heterocycles. The first-order valence-corrected chi connectivity index (χ1v) is 2.50. The lowest BCUT2D eigenvalue weighted by Gasteiger charge is -1.84.